The molecule has 2 aliphatic heterocycles. The molecule has 0 atom stereocenters. The maximum absolute atomic E-state index is 12.5. The third-order valence-corrected chi connectivity index (χ3v) is 5.98. The number of nitrogens with one attached hydrogen (secondary N) is 3. The van der Waals surface area contributed by atoms with Crippen molar-refractivity contribution in [3.05, 3.63) is 41.7 Å². The van der Waals surface area contributed by atoms with Gasteiger partial charge in [0, 0.05) is 70.3 Å². The van der Waals surface area contributed by atoms with E-state index in [1.54, 1.807) is 41.6 Å². The first kappa shape index (κ1) is 23.6. The zero-order valence-electron chi connectivity index (χ0n) is 18.7. The highest BCUT2D eigenvalue weighted by atomic mass is 35.5. The number of hydrogen-bond acceptors (Lipinski definition) is 7. The first-order valence-electron chi connectivity index (χ1n) is 11.2. The van der Waals surface area contributed by atoms with Gasteiger partial charge in [-0.05, 0) is 24.3 Å². The molecule has 34 heavy (non-hydrogen) atoms. The van der Waals surface area contributed by atoms with E-state index >= 15 is 0 Å². The van der Waals surface area contributed by atoms with Crippen molar-refractivity contribution in [1.29, 1.82) is 0 Å². The summed E-state index contributed by atoms with van der Waals surface area (Å²) in [6.07, 6.45) is 3.62. The van der Waals surface area contributed by atoms with Gasteiger partial charge < -0.3 is 30.7 Å². The van der Waals surface area contributed by atoms with Crippen molar-refractivity contribution in [3.8, 4) is 0 Å². The number of piperazine rings is 2. The predicted molar refractivity (Wildman–Crippen MR) is 129 cm³/mol. The van der Waals surface area contributed by atoms with Crippen LogP contribution < -0.4 is 25.8 Å². The van der Waals surface area contributed by atoms with E-state index in [-0.39, 0.29) is 31.3 Å². The summed E-state index contributed by atoms with van der Waals surface area (Å²) >= 11 is 6.37. The molecule has 0 radical (unpaired) electrons. The van der Waals surface area contributed by atoms with Crippen molar-refractivity contribution in [3.63, 3.8) is 0 Å². The zero-order valence-corrected chi connectivity index (χ0v) is 19.4. The normalized spacial score (nSPS) is 16.1. The lowest BCUT2D eigenvalue weighted by Crippen LogP contribution is -2.49. The van der Waals surface area contributed by atoms with Gasteiger partial charge in [-0.15, -0.1) is 0 Å². The summed E-state index contributed by atoms with van der Waals surface area (Å²) in [6.45, 7) is 4.22. The summed E-state index contributed by atoms with van der Waals surface area (Å²) in [6, 6.07) is 6.51. The number of aromatic nitrogens is 2. The smallest absolute Gasteiger partial charge is 0.319 e. The molecule has 3 N–H and O–H groups in total. The highest BCUT2D eigenvalue weighted by Crippen LogP contribution is 2.29. The molecule has 0 aliphatic carbocycles. The molecule has 12 heteroatoms. The van der Waals surface area contributed by atoms with Crippen molar-refractivity contribution in [2.24, 2.45) is 0 Å². The van der Waals surface area contributed by atoms with E-state index in [4.69, 9.17) is 11.6 Å². The lowest BCUT2D eigenvalue weighted by atomic mass is 10.2. The number of urea groups is 1. The van der Waals surface area contributed by atoms with Gasteiger partial charge in [-0.25, -0.2) is 14.8 Å². The average Bonchev–Trinajstić information content (AvgIpc) is 2.85. The number of rotatable bonds is 6. The molecule has 2 fully saturated rings. The van der Waals surface area contributed by atoms with Crippen LogP contribution in [-0.2, 0) is 9.59 Å². The molecular weight excluding hydrogens is 460 g/mol. The van der Waals surface area contributed by atoms with Gasteiger partial charge in [-0.3, -0.25) is 9.59 Å². The quantitative estimate of drug-likeness (QED) is 0.555. The Labute approximate surface area is 202 Å². The molecule has 3 heterocycles. The fourth-order valence-electron chi connectivity index (χ4n) is 3.91. The van der Waals surface area contributed by atoms with Crippen molar-refractivity contribution < 1.29 is 14.4 Å². The Bertz CT molecular complexity index is 1030. The Hall–Kier alpha value is -3.60. The largest absolute Gasteiger partial charge is 0.359 e. The molecule has 4 amide bonds. The van der Waals surface area contributed by atoms with Crippen LogP contribution in [0.4, 0.5) is 22.1 Å². The van der Waals surface area contributed by atoms with Gasteiger partial charge in [-0.1, -0.05) is 11.6 Å². The second kappa shape index (κ2) is 11.0. The van der Waals surface area contributed by atoms with Crippen LogP contribution in [0, 0.1) is 0 Å². The minimum absolute atomic E-state index is 0.00750. The molecule has 180 valence electrons. The molecule has 1 aromatic heterocycles. The number of carbonyl (C=O) groups excluding carboxylic acids is 3. The van der Waals surface area contributed by atoms with Crippen LogP contribution in [0.3, 0.4) is 0 Å². The average molecular weight is 487 g/mol. The monoisotopic (exact) mass is 486 g/mol. The molecule has 0 bridgehead atoms. The second-order valence-electron chi connectivity index (χ2n) is 7.99. The molecule has 2 aromatic rings. The summed E-state index contributed by atoms with van der Waals surface area (Å²) in [4.78, 5) is 50.5. The summed E-state index contributed by atoms with van der Waals surface area (Å²) in [5.41, 5.74) is 1.27. The minimum atomic E-state index is -0.417. The first-order valence-corrected chi connectivity index (χ1v) is 11.5. The third kappa shape index (κ3) is 6.04. The molecule has 2 saturated heterocycles. The van der Waals surface area contributed by atoms with Gasteiger partial charge in [0.15, 0.2) is 0 Å². The summed E-state index contributed by atoms with van der Waals surface area (Å²) in [5, 5.41) is 8.65. The molecule has 11 nitrogen and oxygen atoms in total. The van der Waals surface area contributed by atoms with E-state index in [1.165, 1.54) is 0 Å². The lowest BCUT2D eigenvalue weighted by Gasteiger charge is -2.34. The van der Waals surface area contributed by atoms with Crippen LogP contribution in [0.5, 0.6) is 0 Å². The van der Waals surface area contributed by atoms with Gasteiger partial charge in [0.2, 0.25) is 17.8 Å². The fraction of sp³-hybridized carbons (Fsp3) is 0.409. The topological polar surface area (TPSA) is 123 Å². The molecule has 4 rings (SSSR count). The van der Waals surface area contributed by atoms with Crippen LogP contribution in [-0.4, -0.2) is 85.1 Å². The standard InChI is InChI=1S/C22H27ClN8O3/c23-17-14-16(2-3-18(17)31-9-8-24-19(32)15-31)28-22(34)27-7-4-20(33)29-10-12-30(13-11-29)21-25-5-1-6-26-21/h1-3,5-6,14H,4,7-13,15H2,(H,24,32)(H2,27,28,34). The van der Waals surface area contributed by atoms with Crippen molar-refractivity contribution in [2.75, 3.05) is 67.5 Å². The van der Waals surface area contributed by atoms with Crippen LogP contribution in [0.1, 0.15) is 6.42 Å². The highest BCUT2D eigenvalue weighted by Gasteiger charge is 2.22. The van der Waals surface area contributed by atoms with Gasteiger partial charge >= 0.3 is 6.03 Å². The van der Waals surface area contributed by atoms with Crippen LogP contribution in [0.2, 0.25) is 5.02 Å². The zero-order chi connectivity index (χ0) is 23.9. The van der Waals surface area contributed by atoms with E-state index in [1.807, 2.05) is 9.80 Å². The summed E-state index contributed by atoms with van der Waals surface area (Å²) < 4.78 is 0. The Kier molecular flexibility index (Phi) is 7.63. The Morgan fingerprint density at radius 2 is 1.82 bits per heavy atom. The molecule has 1 aromatic carbocycles. The van der Waals surface area contributed by atoms with Gasteiger partial charge in [-0.2, -0.15) is 0 Å². The Morgan fingerprint density at radius 3 is 2.53 bits per heavy atom. The Balaban J connectivity index is 1.18. The SMILES string of the molecule is O=C1CN(c2ccc(NC(=O)NCCC(=O)N3CCN(c4ncccn4)CC3)cc2Cl)CCN1. The van der Waals surface area contributed by atoms with Gasteiger partial charge in [0.25, 0.3) is 0 Å². The van der Waals surface area contributed by atoms with E-state index in [2.05, 4.69) is 25.9 Å². The fourth-order valence-corrected chi connectivity index (χ4v) is 4.21. The maximum atomic E-state index is 12.5. The molecule has 0 unspecified atom stereocenters. The first-order chi connectivity index (χ1) is 16.5. The van der Waals surface area contributed by atoms with Gasteiger partial charge in [0.05, 0.1) is 17.3 Å². The van der Waals surface area contributed by atoms with Crippen molar-refractivity contribution >= 4 is 46.8 Å². The van der Waals surface area contributed by atoms with Crippen molar-refractivity contribution in [1.82, 2.24) is 25.5 Å². The predicted octanol–water partition coefficient (Wildman–Crippen LogP) is 0.927. The van der Waals surface area contributed by atoms with Crippen LogP contribution in [0.25, 0.3) is 0 Å². The highest BCUT2D eigenvalue weighted by molar-refractivity contribution is 6.33. The number of amides is 4. The summed E-state index contributed by atoms with van der Waals surface area (Å²) in [7, 11) is 0. The van der Waals surface area contributed by atoms with E-state index in [0.29, 0.717) is 55.9 Å². The molecule has 2 aliphatic rings. The summed E-state index contributed by atoms with van der Waals surface area (Å²) in [5.74, 6) is 0.611. The van der Waals surface area contributed by atoms with Crippen LogP contribution in [0.15, 0.2) is 36.7 Å². The number of halogens is 1. The van der Waals surface area contributed by atoms with E-state index < -0.39 is 6.03 Å². The van der Waals surface area contributed by atoms with E-state index in [9.17, 15) is 14.4 Å². The molecule has 0 saturated carbocycles. The Morgan fingerprint density at radius 1 is 1.06 bits per heavy atom. The number of benzene rings is 1. The molecule has 0 spiro atoms. The number of nitrogens with zero attached hydrogens (tertiary/aromatic N) is 5. The lowest BCUT2D eigenvalue weighted by molar-refractivity contribution is -0.131. The second-order valence-corrected chi connectivity index (χ2v) is 8.39. The number of anilines is 3. The minimum Gasteiger partial charge on any atom is -0.359 e. The molecular formula is C22H27ClN8O3. The van der Waals surface area contributed by atoms with Crippen LogP contribution >= 0.6 is 11.6 Å². The number of hydrogen-bond donors (Lipinski definition) is 3. The maximum Gasteiger partial charge on any atom is 0.319 e. The van der Waals surface area contributed by atoms with E-state index in [0.717, 1.165) is 5.69 Å². The third-order valence-electron chi connectivity index (χ3n) is 5.68. The number of carbonyl (C=O) groups is 3. The van der Waals surface area contributed by atoms with Gasteiger partial charge in [0.1, 0.15) is 0 Å². The van der Waals surface area contributed by atoms with Crippen molar-refractivity contribution in [2.45, 2.75) is 6.42 Å².